The van der Waals surface area contributed by atoms with Gasteiger partial charge in [-0.1, -0.05) is 41.5 Å². The molecule has 14 amide bonds. The maximum absolute atomic E-state index is 14.2. The van der Waals surface area contributed by atoms with Gasteiger partial charge < -0.3 is 64.4 Å². The Bertz CT molecular complexity index is 2790. The number of nitrogens with two attached hydrogens (primary N) is 5. The third-order valence-electron chi connectivity index (χ3n) is 14.4. The number of hydrogen-bond acceptors (Lipinski definition) is 21. The number of aliphatic hydroxyl groups is 3. The quantitative estimate of drug-likeness (QED) is 0.0116. The molecule has 1 fully saturated rings. The van der Waals surface area contributed by atoms with E-state index in [-0.39, 0.29) is 93.5 Å². The van der Waals surface area contributed by atoms with Gasteiger partial charge in [0.05, 0.1) is 19.1 Å². The van der Waals surface area contributed by atoms with Crippen LogP contribution in [0.4, 0.5) is 0 Å². The minimum absolute atomic E-state index is 0.0230. The second kappa shape index (κ2) is 44.1. The number of carboxylic acids is 2. The van der Waals surface area contributed by atoms with Crippen LogP contribution in [-0.4, -0.2) is 259 Å². The van der Waals surface area contributed by atoms with Gasteiger partial charge in [0, 0.05) is 19.5 Å². The number of aliphatic carboxylic acids is 2. The number of amides is 14. The number of primary amides is 2. The summed E-state index contributed by atoms with van der Waals surface area (Å²) >= 11 is 2.52. The van der Waals surface area contributed by atoms with E-state index in [2.05, 4.69) is 79.5 Å². The van der Waals surface area contributed by atoms with Gasteiger partial charge >= 0.3 is 249 Å². The molecule has 547 valence electrons. The fourth-order valence-corrected chi connectivity index (χ4v) is 9.99. The van der Waals surface area contributed by atoms with Crippen molar-refractivity contribution in [3.8, 4) is 0 Å². The van der Waals surface area contributed by atoms with E-state index in [4.69, 9.17) is 33.8 Å². The van der Waals surface area contributed by atoms with E-state index in [1.165, 1.54) is 0 Å². The van der Waals surface area contributed by atoms with Crippen molar-refractivity contribution in [1.82, 2.24) is 63.4 Å². The van der Waals surface area contributed by atoms with Crippen LogP contribution in [0.15, 0.2) is 4.99 Å². The Kier molecular flexibility index (Phi) is 39.1. The molecule has 39 nitrogen and oxygen atoms in total. The summed E-state index contributed by atoms with van der Waals surface area (Å²) < 4.78 is 0. The second-order valence-corrected chi connectivity index (χ2v) is 24.9. The van der Waals surface area contributed by atoms with E-state index in [0.717, 1.165) is 4.90 Å². The Morgan fingerprint density at radius 3 is 1.40 bits per heavy atom. The zero-order chi connectivity index (χ0) is 74.0. The third-order valence-corrected chi connectivity index (χ3v) is 15.1. The Morgan fingerprint density at radius 2 is 0.928 bits per heavy atom. The van der Waals surface area contributed by atoms with Gasteiger partial charge in [-0.05, 0) is 56.3 Å². The number of carboxylic acid groups (broad SMARTS) is 2. The van der Waals surface area contributed by atoms with E-state index >= 15 is 0 Å². The third kappa shape index (κ3) is 32.6. The van der Waals surface area contributed by atoms with Crippen molar-refractivity contribution in [3.05, 3.63) is 0 Å². The van der Waals surface area contributed by atoms with E-state index < -0.39 is 219 Å². The summed E-state index contributed by atoms with van der Waals surface area (Å²) in [5.74, 6) is -17.9. The fraction of sp³-hybridized carbons (Fsp3) is 0.702. The monoisotopic (exact) mass is 1450 g/mol. The van der Waals surface area contributed by atoms with Gasteiger partial charge in [0.15, 0.2) is 5.96 Å². The van der Waals surface area contributed by atoms with Crippen LogP contribution in [0.2, 0.25) is 5.32 Å². The predicted molar refractivity (Wildman–Crippen MR) is 342 cm³/mol. The van der Waals surface area contributed by atoms with E-state index in [1.807, 2.05) is 0 Å². The van der Waals surface area contributed by atoms with Gasteiger partial charge in [-0.25, -0.2) is 4.79 Å². The van der Waals surface area contributed by atoms with Crippen LogP contribution in [0.25, 0.3) is 0 Å². The molecule has 1 saturated heterocycles. The maximum atomic E-state index is 14.2. The smallest absolute Gasteiger partial charge is 0.481 e. The van der Waals surface area contributed by atoms with Crippen LogP contribution in [0.1, 0.15) is 119 Å². The molecule has 0 unspecified atom stereocenters. The number of aliphatic hydroxyl groups excluding tert-OH is 3. The molecule has 1 aliphatic heterocycles. The van der Waals surface area contributed by atoms with Crippen molar-refractivity contribution in [2.75, 3.05) is 39.5 Å². The van der Waals surface area contributed by atoms with Gasteiger partial charge in [-0.2, -0.15) is 0 Å². The Hall–Kier alpha value is -8.85. The number of guanidine groups is 1. The molecule has 1 heterocycles. The molecular weight excluding hydrogens is 1350 g/mol. The van der Waals surface area contributed by atoms with Crippen LogP contribution >= 0.6 is 0 Å². The first-order valence-corrected chi connectivity index (χ1v) is 32.4. The van der Waals surface area contributed by atoms with E-state index in [1.54, 1.807) is 41.5 Å². The first-order chi connectivity index (χ1) is 45.4. The normalized spacial score (nSPS) is 16.1. The average molecular weight is 1450 g/mol. The fourth-order valence-electron chi connectivity index (χ4n) is 9.49. The summed E-state index contributed by atoms with van der Waals surface area (Å²) in [6.45, 7) is 6.09. The minimum atomic E-state index is -1.89. The van der Waals surface area contributed by atoms with Crippen molar-refractivity contribution in [3.63, 3.8) is 0 Å². The Balaban J connectivity index is 3.19. The first-order valence-electron chi connectivity index (χ1n) is 31.2. The molecule has 1 aliphatic rings. The van der Waals surface area contributed by atoms with Gasteiger partial charge in [-0.15, -0.1) is 0 Å². The number of hydrogen-bond donors (Lipinski definition) is 21. The summed E-state index contributed by atoms with van der Waals surface area (Å²) in [4.78, 5) is 214. The van der Waals surface area contributed by atoms with Crippen molar-refractivity contribution in [2.24, 2.45) is 51.4 Å². The molecule has 0 saturated carbocycles. The molecule has 0 aliphatic carbocycles. The molecule has 0 spiro atoms. The van der Waals surface area contributed by atoms with Crippen molar-refractivity contribution in [2.45, 2.75) is 196 Å². The minimum Gasteiger partial charge on any atom is -0.481 e. The zero-order valence-electron chi connectivity index (χ0n) is 55.1. The summed E-state index contributed by atoms with van der Waals surface area (Å²) in [6.07, 6.45) is -2.20. The second-order valence-electron chi connectivity index (χ2n) is 24.2. The summed E-state index contributed by atoms with van der Waals surface area (Å²) in [6, 6.07) is -18.6. The van der Waals surface area contributed by atoms with Crippen LogP contribution in [-0.2, 0) is 76.7 Å². The van der Waals surface area contributed by atoms with Crippen LogP contribution in [0.5, 0.6) is 0 Å². The van der Waals surface area contributed by atoms with Gasteiger partial charge in [0.2, 0.25) is 35.4 Å². The number of carbonyl (C=O) groups excluding carboxylic acids is 14. The van der Waals surface area contributed by atoms with Crippen LogP contribution in [0, 0.1) is 17.8 Å². The van der Waals surface area contributed by atoms with Crippen molar-refractivity contribution < 1.29 is 102 Å². The van der Waals surface area contributed by atoms with Gasteiger partial charge in [0.25, 0.3) is 0 Å². The van der Waals surface area contributed by atoms with Crippen LogP contribution < -0.4 is 87.2 Å². The predicted octanol–water partition coefficient (Wildman–Crippen LogP) is -9.89. The topological polar surface area (TPSA) is 652 Å². The molecule has 1 radical (unpaired) electrons. The Labute approximate surface area is 567 Å². The molecule has 26 N–H and O–H groups in total. The zero-order valence-corrected chi connectivity index (χ0v) is 56.8. The number of likely N-dealkylation sites (tertiary alicyclic amines) is 1. The number of nitrogens with one attached hydrogen (secondary N) is 11. The summed E-state index contributed by atoms with van der Waals surface area (Å²) in [5.41, 5.74) is 27.0. The summed E-state index contributed by atoms with van der Waals surface area (Å²) in [7, 11) is 0. The SMILES string of the molecule is CC(C)C[C@H](NC(=O)CNC(=O)[C@H](CCC(N)=O)NC(=O)[C@H](C[Se])NC(=O)[C@H](CO)NC(=O)[C@H](CO)NC(=O)[C@H](CC(C)C)NC(=O)[C@H](CO)NC(=O)[C@@H]1CCCN1C(=O)[C@H](CC(C)C)NC(=O)[C@H](CC(N)=O)NC(=O)[C@@H](N)CCC(=O)O)C(=O)N[C@@H](CCCN=C(N)N)C(=O)O. The van der Waals surface area contributed by atoms with Crippen LogP contribution in [0.3, 0.4) is 0 Å². The molecule has 1 rings (SSSR count). The number of carbonyl (C=O) groups is 16. The molecule has 0 aromatic rings. The van der Waals surface area contributed by atoms with Gasteiger partial charge in [-0.3, -0.25) is 43.3 Å². The van der Waals surface area contributed by atoms with Gasteiger partial charge in [0.1, 0.15) is 30.2 Å². The molecule has 12 atom stereocenters. The van der Waals surface area contributed by atoms with Crippen molar-refractivity contribution in [1.29, 1.82) is 0 Å². The van der Waals surface area contributed by atoms with E-state index in [9.17, 15) is 97.1 Å². The van der Waals surface area contributed by atoms with E-state index in [0.29, 0.717) is 0 Å². The molecule has 0 bridgehead atoms. The Morgan fingerprint density at radius 1 is 0.495 bits per heavy atom. The standard InChI is InChI=1S/C57H97N18O21Se/c1-26(2)17-32(47(86)67-31(56(95)96)9-7-15-63-57(61)62)65-43(81)21-64-46(85)30(12-13-41(59)79)66-53(92)39(25-97)74-52(91)37(23-77)72-51(90)36(22-76)71-48(87)33(18-27(3)4)69-50(89)38(24-78)73-54(93)40-10-8-16-75(40)55(94)35(19-28(5)6)70-49(88)34(20-42(60)80)68-45(84)29(58)11-14-44(82)83/h26-40,76-78H,7-25,58H2,1-6H3,(H2,59,79)(H2,60,80)(H,64,85)(H,65,81)(H,66,92)(H,67,86)(H,68,84)(H,69,89)(H,70,88)(H,71,87)(H,72,90)(H,73,93)(H,74,91)(H,82,83)(H,95,96)(H4,61,62,63)/t29-,30-,31-,32-,33-,34-,35-,36-,37-,38-,39-,40-/m0/s1. The molecule has 0 aromatic heterocycles. The molecule has 0 aromatic carbocycles. The first kappa shape index (κ1) is 86.2. The molecular formula is C57H97N18O21Se. The average Bonchev–Trinajstić information content (AvgIpc) is 1.75. The van der Waals surface area contributed by atoms with Crippen molar-refractivity contribution >= 4 is 117 Å². The molecule has 40 heteroatoms. The number of nitrogens with zero attached hydrogens (tertiary/aromatic N) is 2. The summed E-state index contributed by atoms with van der Waals surface area (Å²) in [5, 5.41) is 74.8. The number of rotatable bonds is 46. The number of aliphatic imine (C=N–C) groups is 1. The molecule has 97 heavy (non-hydrogen) atoms.